The summed E-state index contributed by atoms with van der Waals surface area (Å²) in [5.74, 6) is 1.13. The highest BCUT2D eigenvalue weighted by molar-refractivity contribution is 5.17. The van der Waals surface area contributed by atoms with Gasteiger partial charge >= 0.3 is 5.88 Å². The Kier molecular flexibility index (Phi) is 3.24. The average molecular weight is 224 g/mol. The zero-order valence-corrected chi connectivity index (χ0v) is 9.31. The summed E-state index contributed by atoms with van der Waals surface area (Å²) in [5, 5.41) is 13.8. The van der Waals surface area contributed by atoms with Crippen molar-refractivity contribution in [3.8, 4) is 0 Å². The van der Waals surface area contributed by atoms with Gasteiger partial charge in [-0.3, -0.25) is 10.1 Å². The smallest absolute Gasteiger partial charge is 0.404 e. The molecule has 0 saturated heterocycles. The van der Waals surface area contributed by atoms with Crippen molar-refractivity contribution < 1.29 is 9.34 Å². The summed E-state index contributed by atoms with van der Waals surface area (Å²) in [4.78, 5) is 9.91. The van der Waals surface area contributed by atoms with Crippen LogP contribution >= 0.6 is 0 Å². The van der Waals surface area contributed by atoms with Crippen molar-refractivity contribution in [2.75, 3.05) is 0 Å². The van der Waals surface area contributed by atoms with Crippen LogP contribution in [0.15, 0.2) is 16.5 Å². The molecule has 1 fully saturated rings. The summed E-state index contributed by atoms with van der Waals surface area (Å²) in [6.45, 7) is 2.80. The molecule has 0 spiro atoms. The maximum Gasteiger partial charge on any atom is 0.433 e. The van der Waals surface area contributed by atoms with Crippen LogP contribution in [0.4, 0.5) is 5.88 Å². The Bertz CT molecular complexity index is 375. The van der Waals surface area contributed by atoms with E-state index < -0.39 is 4.92 Å². The molecule has 1 saturated carbocycles. The molecule has 1 aromatic rings. The second-order valence-corrected chi connectivity index (χ2v) is 4.39. The summed E-state index contributed by atoms with van der Waals surface area (Å²) in [5.41, 5.74) is 0. The monoisotopic (exact) mass is 224 g/mol. The highest BCUT2D eigenvalue weighted by Gasteiger charge is 2.23. The molecule has 16 heavy (non-hydrogen) atoms. The van der Waals surface area contributed by atoms with Crippen molar-refractivity contribution in [3.63, 3.8) is 0 Å². The molecule has 1 aromatic heterocycles. The molecule has 5 nitrogen and oxygen atoms in total. The second kappa shape index (κ2) is 4.65. The van der Waals surface area contributed by atoms with Crippen LogP contribution in [0.1, 0.15) is 31.9 Å². The number of nitrogens with zero attached hydrogens (tertiary/aromatic N) is 1. The maximum atomic E-state index is 10.4. The van der Waals surface area contributed by atoms with Gasteiger partial charge in [0.1, 0.15) is 10.7 Å². The van der Waals surface area contributed by atoms with Crippen LogP contribution in [-0.4, -0.2) is 11.0 Å². The topological polar surface area (TPSA) is 68.3 Å². The molecular weight excluding hydrogens is 208 g/mol. The summed E-state index contributed by atoms with van der Waals surface area (Å²) >= 11 is 0. The van der Waals surface area contributed by atoms with Crippen molar-refractivity contribution in [2.24, 2.45) is 5.92 Å². The van der Waals surface area contributed by atoms with Gasteiger partial charge in [-0.25, -0.2) is 0 Å². The highest BCUT2D eigenvalue weighted by Crippen LogP contribution is 2.25. The van der Waals surface area contributed by atoms with Gasteiger partial charge in [-0.05, 0) is 24.8 Å². The van der Waals surface area contributed by atoms with Crippen LogP contribution in [0.25, 0.3) is 0 Å². The summed E-state index contributed by atoms with van der Waals surface area (Å²) < 4.78 is 5.08. The summed E-state index contributed by atoms with van der Waals surface area (Å²) in [6, 6.07) is 3.57. The van der Waals surface area contributed by atoms with Gasteiger partial charge in [-0.2, -0.15) is 0 Å². The summed E-state index contributed by atoms with van der Waals surface area (Å²) in [7, 11) is 0. The number of rotatable bonds is 4. The van der Waals surface area contributed by atoms with Crippen LogP contribution in [0, 0.1) is 16.0 Å². The fraction of sp³-hybridized carbons (Fsp3) is 0.636. The minimum atomic E-state index is -0.512. The molecule has 0 aromatic carbocycles. The number of furan rings is 1. The standard InChI is InChI=1S/C11H16N2O3/c1-8-3-2-4-10(8)12-7-9-5-6-11(16-9)13(14)15/h5-6,8,10,12H,2-4,7H2,1H3. The molecule has 2 atom stereocenters. The highest BCUT2D eigenvalue weighted by atomic mass is 16.6. The molecule has 0 radical (unpaired) electrons. The molecule has 0 bridgehead atoms. The first-order chi connectivity index (χ1) is 7.66. The van der Waals surface area contributed by atoms with Gasteiger partial charge in [0.25, 0.3) is 0 Å². The zero-order valence-electron chi connectivity index (χ0n) is 9.31. The maximum absolute atomic E-state index is 10.4. The van der Waals surface area contributed by atoms with Crippen molar-refractivity contribution >= 4 is 5.88 Å². The lowest BCUT2D eigenvalue weighted by molar-refractivity contribution is -0.402. The molecule has 0 amide bonds. The Hall–Kier alpha value is -1.36. The molecule has 5 heteroatoms. The van der Waals surface area contributed by atoms with Crippen molar-refractivity contribution in [1.29, 1.82) is 0 Å². The first-order valence-electron chi connectivity index (χ1n) is 5.63. The molecule has 0 aliphatic heterocycles. The lowest BCUT2D eigenvalue weighted by atomic mass is 10.1. The van der Waals surface area contributed by atoms with Gasteiger partial charge in [0.2, 0.25) is 0 Å². The van der Waals surface area contributed by atoms with Gasteiger partial charge < -0.3 is 9.73 Å². The number of nitrogens with one attached hydrogen (secondary N) is 1. The van der Waals surface area contributed by atoms with Crippen LogP contribution in [0.3, 0.4) is 0 Å². The van der Waals surface area contributed by atoms with Crippen molar-refractivity contribution in [2.45, 2.75) is 38.8 Å². The first-order valence-corrected chi connectivity index (χ1v) is 5.63. The fourth-order valence-corrected chi connectivity index (χ4v) is 2.24. The molecular formula is C11H16N2O3. The molecule has 2 rings (SSSR count). The minimum Gasteiger partial charge on any atom is -0.404 e. The molecule has 1 N–H and O–H groups in total. The van der Waals surface area contributed by atoms with E-state index in [0.717, 1.165) is 0 Å². The Morgan fingerprint density at radius 1 is 1.56 bits per heavy atom. The number of nitro groups is 1. The molecule has 1 aliphatic rings. The van der Waals surface area contributed by atoms with Crippen LogP contribution in [-0.2, 0) is 6.54 Å². The largest absolute Gasteiger partial charge is 0.433 e. The van der Waals surface area contributed by atoms with E-state index in [9.17, 15) is 10.1 Å². The third kappa shape index (κ3) is 2.41. The Balaban J connectivity index is 1.87. The van der Waals surface area contributed by atoms with E-state index in [1.54, 1.807) is 6.07 Å². The molecule has 1 heterocycles. The van der Waals surface area contributed by atoms with Crippen molar-refractivity contribution in [1.82, 2.24) is 5.32 Å². The molecule has 1 aliphatic carbocycles. The van der Waals surface area contributed by atoms with E-state index in [1.807, 2.05) is 0 Å². The fourth-order valence-electron chi connectivity index (χ4n) is 2.24. The van der Waals surface area contributed by atoms with E-state index in [1.165, 1.54) is 25.3 Å². The predicted molar refractivity (Wildman–Crippen MR) is 59.0 cm³/mol. The lowest BCUT2D eigenvalue weighted by Gasteiger charge is -2.15. The Labute approximate surface area is 94.0 Å². The average Bonchev–Trinajstić information content (AvgIpc) is 2.83. The minimum absolute atomic E-state index is 0.184. The van der Waals surface area contributed by atoms with Gasteiger partial charge in [-0.1, -0.05) is 13.3 Å². The van der Waals surface area contributed by atoms with Gasteiger partial charge in [-0.15, -0.1) is 0 Å². The molecule has 88 valence electrons. The van der Waals surface area contributed by atoms with Gasteiger partial charge in [0.05, 0.1) is 12.6 Å². The third-order valence-electron chi connectivity index (χ3n) is 3.23. The van der Waals surface area contributed by atoms with Gasteiger partial charge in [0.15, 0.2) is 0 Å². The SMILES string of the molecule is CC1CCCC1NCc1ccc([N+](=O)[O-])o1. The quantitative estimate of drug-likeness (QED) is 0.630. The van der Waals surface area contributed by atoms with E-state index in [4.69, 9.17) is 4.42 Å². The third-order valence-corrected chi connectivity index (χ3v) is 3.23. The van der Waals surface area contributed by atoms with Crippen LogP contribution < -0.4 is 5.32 Å². The number of hydrogen-bond donors (Lipinski definition) is 1. The molecule has 2 unspecified atom stereocenters. The Morgan fingerprint density at radius 2 is 2.38 bits per heavy atom. The van der Waals surface area contributed by atoms with E-state index in [-0.39, 0.29) is 5.88 Å². The zero-order chi connectivity index (χ0) is 11.5. The Morgan fingerprint density at radius 3 is 2.94 bits per heavy atom. The normalized spacial score (nSPS) is 24.8. The van der Waals surface area contributed by atoms with Crippen LogP contribution in [0.5, 0.6) is 0 Å². The first kappa shape index (κ1) is 11.1. The van der Waals surface area contributed by atoms with Crippen molar-refractivity contribution in [3.05, 3.63) is 28.0 Å². The van der Waals surface area contributed by atoms with Crippen LogP contribution in [0.2, 0.25) is 0 Å². The van der Waals surface area contributed by atoms with Gasteiger partial charge in [0, 0.05) is 6.04 Å². The predicted octanol–water partition coefficient (Wildman–Crippen LogP) is 2.47. The summed E-state index contributed by atoms with van der Waals surface area (Å²) in [6.07, 6.45) is 3.71. The van der Waals surface area contributed by atoms with E-state index in [0.29, 0.717) is 24.3 Å². The van der Waals surface area contributed by atoms with E-state index in [2.05, 4.69) is 12.2 Å². The number of hydrogen-bond acceptors (Lipinski definition) is 4. The second-order valence-electron chi connectivity index (χ2n) is 4.39. The van der Waals surface area contributed by atoms with E-state index >= 15 is 0 Å². The lowest BCUT2D eigenvalue weighted by Crippen LogP contribution is -2.30.